The fourth-order valence-corrected chi connectivity index (χ4v) is 8.22. The van der Waals surface area contributed by atoms with Gasteiger partial charge in [-0.3, -0.25) is 19.2 Å². The highest BCUT2D eigenvalue weighted by atomic mass is 16.7. The SMILES string of the molecule is O=C(N[C@H](C(=O)N1CCC[C@@H]1c1ncc(C#CC#CC2COC(C#Cc3cnc([C@H]4CCCN4C(=O)[C@@H](NC(=O)C4CC4)c4ccccc4)[nH]3)OC2)[nH]1)c1ccccc1)C1CC1. The summed E-state index contributed by atoms with van der Waals surface area (Å²) in [5.74, 6) is 18.6. The van der Waals surface area contributed by atoms with Crippen LogP contribution in [0.4, 0.5) is 0 Å². The van der Waals surface area contributed by atoms with E-state index in [1.807, 2.05) is 70.5 Å². The van der Waals surface area contributed by atoms with Gasteiger partial charge in [0, 0.05) is 24.9 Å². The summed E-state index contributed by atoms with van der Waals surface area (Å²) >= 11 is 0. The van der Waals surface area contributed by atoms with Gasteiger partial charge in [0.05, 0.1) is 43.6 Å². The molecule has 2 aromatic heterocycles. The summed E-state index contributed by atoms with van der Waals surface area (Å²) < 4.78 is 11.7. The number of nitrogens with one attached hydrogen (secondary N) is 4. The summed E-state index contributed by atoms with van der Waals surface area (Å²) in [5.41, 5.74) is 2.68. The lowest BCUT2D eigenvalue weighted by atomic mass is 10.0. The van der Waals surface area contributed by atoms with E-state index < -0.39 is 18.4 Å². The highest BCUT2D eigenvalue weighted by Gasteiger charge is 2.40. The molecule has 2 aliphatic carbocycles. The maximum Gasteiger partial charge on any atom is 0.250 e. The lowest BCUT2D eigenvalue weighted by Crippen LogP contribution is -2.43. The van der Waals surface area contributed by atoms with Gasteiger partial charge >= 0.3 is 0 Å². The van der Waals surface area contributed by atoms with E-state index in [0.717, 1.165) is 62.5 Å². The Morgan fingerprint density at radius 3 is 1.60 bits per heavy atom. The molecular weight excluding hydrogens is 785 g/mol. The minimum Gasteiger partial charge on any atom is -0.341 e. The summed E-state index contributed by atoms with van der Waals surface area (Å²) in [5, 5.41) is 6.02. The molecule has 4 aromatic rings. The largest absolute Gasteiger partial charge is 0.341 e. The molecule has 5 aliphatic rings. The highest BCUT2D eigenvalue weighted by molar-refractivity contribution is 5.91. The topological polar surface area (TPSA) is 175 Å². The number of nitrogens with zero attached hydrogens (tertiary/aromatic N) is 4. The van der Waals surface area contributed by atoms with Gasteiger partial charge in [0.2, 0.25) is 29.9 Å². The van der Waals surface area contributed by atoms with Crippen LogP contribution in [0.2, 0.25) is 0 Å². The Kier molecular flexibility index (Phi) is 12.2. The number of H-pyrrole nitrogens is 2. The minimum absolute atomic E-state index is 0.0128. The molecular formula is C48H48N8O6. The monoisotopic (exact) mass is 832 g/mol. The average Bonchev–Trinajstić information content (AvgIpc) is 4.08. The predicted octanol–water partition coefficient (Wildman–Crippen LogP) is 4.39. The van der Waals surface area contributed by atoms with Crippen LogP contribution in [-0.2, 0) is 28.7 Å². The van der Waals surface area contributed by atoms with Crippen molar-refractivity contribution in [1.82, 2.24) is 40.4 Å². The number of hydrogen-bond donors (Lipinski definition) is 4. The van der Waals surface area contributed by atoms with Crippen molar-refractivity contribution in [3.8, 4) is 35.5 Å². The molecule has 62 heavy (non-hydrogen) atoms. The van der Waals surface area contributed by atoms with Gasteiger partial charge in [-0.2, -0.15) is 0 Å². The third-order valence-corrected chi connectivity index (χ3v) is 11.9. The first kappa shape index (κ1) is 40.7. The van der Waals surface area contributed by atoms with E-state index in [2.05, 4.69) is 66.1 Å². The normalized spacial score (nSPS) is 22.8. The van der Waals surface area contributed by atoms with Crippen molar-refractivity contribution in [1.29, 1.82) is 0 Å². The van der Waals surface area contributed by atoms with Gasteiger partial charge in [-0.15, -0.1) is 0 Å². The van der Waals surface area contributed by atoms with Gasteiger partial charge in [0.15, 0.2) is 0 Å². The molecule has 14 nitrogen and oxygen atoms in total. The third kappa shape index (κ3) is 9.61. The summed E-state index contributed by atoms with van der Waals surface area (Å²) in [6.45, 7) is 1.79. The molecule has 3 saturated heterocycles. The van der Waals surface area contributed by atoms with Crippen LogP contribution in [0, 0.1) is 53.3 Å². The second-order valence-electron chi connectivity index (χ2n) is 16.5. The van der Waals surface area contributed by atoms with Crippen LogP contribution in [0.5, 0.6) is 0 Å². The molecule has 5 fully saturated rings. The van der Waals surface area contributed by atoms with E-state index in [9.17, 15) is 19.2 Å². The summed E-state index contributed by atoms with van der Waals surface area (Å²) in [4.78, 5) is 72.7. The number of likely N-dealkylation sites (tertiary alicyclic amines) is 2. The molecule has 14 heteroatoms. The number of ether oxygens (including phenoxy) is 2. The molecule has 4 amide bonds. The van der Waals surface area contributed by atoms with Gasteiger partial charge in [0.1, 0.15) is 35.1 Å². The third-order valence-electron chi connectivity index (χ3n) is 11.9. The highest BCUT2D eigenvalue weighted by Crippen LogP contribution is 2.36. The van der Waals surface area contributed by atoms with E-state index >= 15 is 0 Å². The number of benzene rings is 2. The zero-order valence-electron chi connectivity index (χ0n) is 34.3. The molecule has 3 aliphatic heterocycles. The fourth-order valence-electron chi connectivity index (χ4n) is 8.22. The standard InChI is InChI=1S/C48H48N8O6/c57-45(34-19-20-34)53-41(32-12-3-1-4-13-32)47(59)55-25-9-17-38(55)43-49-27-36(51-43)16-8-7-11-31-29-61-40(62-30-31)24-23-37-28-50-44(52-37)39-18-10-26-56(39)48(60)42(33-14-5-2-6-15-33)54-46(58)35-21-22-35/h1-6,12-15,27-28,31,34-35,38-42H,9-10,17-22,25-26,29-30H2,(H,49,51)(H,50,52)(H,53,57)(H,54,58)/t31?,38-,39-,40?,41+,42+/m1/s1. The second-order valence-corrected chi connectivity index (χ2v) is 16.5. The molecule has 316 valence electrons. The van der Waals surface area contributed by atoms with Gasteiger partial charge in [-0.1, -0.05) is 66.6 Å². The summed E-state index contributed by atoms with van der Waals surface area (Å²) in [6.07, 6.45) is 9.13. The molecule has 2 aromatic carbocycles. The van der Waals surface area contributed by atoms with Crippen molar-refractivity contribution in [3.63, 3.8) is 0 Å². The minimum atomic E-state index is -0.758. The molecule has 2 saturated carbocycles. The molecule has 9 rings (SSSR count). The lowest BCUT2D eigenvalue weighted by molar-refractivity contribution is -0.158. The quantitative estimate of drug-likeness (QED) is 0.170. The zero-order valence-corrected chi connectivity index (χ0v) is 34.3. The van der Waals surface area contributed by atoms with E-state index in [1.54, 1.807) is 12.4 Å². The van der Waals surface area contributed by atoms with Crippen LogP contribution in [0.15, 0.2) is 73.1 Å². The van der Waals surface area contributed by atoms with Gasteiger partial charge in [0.25, 0.3) is 0 Å². The molecule has 0 radical (unpaired) electrons. The van der Waals surface area contributed by atoms with Crippen molar-refractivity contribution in [2.75, 3.05) is 26.3 Å². The number of aromatic amines is 2. The van der Waals surface area contributed by atoms with Crippen molar-refractivity contribution in [3.05, 3.63) is 107 Å². The maximum absolute atomic E-state index is 14.0. The van der Waals surface area contributed by atoms with E-state index in [1.165, 1.54) is 0 Å². The Hall–Kier alpha value is -6.66. The molecule has 0 bridgehead atoms. The van der Waals surface area contributed by atoms with Crippen LogP contribution >= 0.6 is 0 Å². The van der Waals surface area contributed by atoms with Crippen molar-refractivity contribution < 1.29 is 28.7 Å². The Balaban J connectivity index is 0.766. The Morgan fingerprint density at radius 2 is 1.11 bits per heavy atom. The van der Waals surface area contributed by atoms with Gasteiger partial charge in [-0.05, 0) is 92.1 Å². The Bertz CT molecular complexity index is 2470. The van der Waals surface area contributed by atoms with Gasteiger partial charge < -0.3 is 39.9 Å². The predicted molar refractivity (Wildman–Crippen MR) is 225 cm³/mol. The van der Waals surface area contributed by atoms with Crippen LogP contribution in [-0.4, -0.2) is 86.0 Å². The molecule has 4 N–H and O–H groups in total. The van der Waals surface area contributed by atoms with Gasteiger partial charge in [-0.25, -0.2) is 9.97 Å². The molecule has 0 unspecified atom stereocenters. The number of imidazole rings is 2. The van der Waals surface area contributed by atoms with Crippen LogP contribution < -0.4 is 10.6 Å². The average molecular weight is 833 g/mol. The van der Waals surface area contributed by atoms with Crippen LogP contribution in [0.1, 0.15) is 110 Å². The summed E-state index contributed by atoms with van der Waals surface area (Å²) in [6, 6.07) is 16.7. The summed E-state index contributed by atoms with van der Waals surface area (Å²) in [7, 11) is 0. The first-order chi connectivity index (χ1) is 30.4. The Labute approximate surface area is 360 Å². The first-order valence-corrected chi connectivity index (χ1v) is 21.6. The number of aromatic nitrogens is 4. The van der Waals surface area contributed by atoms with E-state index in [-0.39, 0.29) is 53.5 Å². The number of rotatable bonds is 10. The first-order valence-electron chi connectivity index (χ1n) is 21.6. The van der Waals surface area contributed by atoms with Crippen molar-refractivity contribution >= 4 is 23.6 Å². The van der Waals surface area contributed by atoms with Crippen molar-refractivity contribution in [2.24, 2.45) is 17.8 Å². The number of carbonyl (C=O) groups excluding carboxylic acids is 4. The zero-order chi connectivity index (χ0) is 42.4. The lowest BCUT2D eigenvalue weighted by Gasteiger charge is -2.28. The number of carbonyl (C=O) groups is 4. The molecule has 0 spiro atoms. The Morgan fingerprint density at radius 1 is 0.629 bits per heavy atom. The van der Waals surface area contributed by atoms with Crippen LogP contribution in [0.25, 0.3) is 0 Å². The maximum atomic E-state index is 14.0. The van der Waals surface area contributed by atoms with Crippen LogP contribution in [0.3, 0.4) is 0 Å². The smallest absolute Gasteiger partial charge is 0.250 e. The fraction of sp³-hybridized carbons (Fsp3) is 0.417. The van der Waals surface area contributed by atoms with Crippen molar-refractivity contribution in [2.45, 2.75) is 81.8 Å². The van der Waals surface area contributed by atoms with E-state index in [4.69, 9.17) is 9.47 Å². The number of amides is 4. The van der Waals surface area contributed by atoms with E-state index in [0.29, 0.717) is 49.3 Å². The second kappa shape index (κ2) is 18.5. The molecule has 4 atom stereocenters. The number of hydrogen-bond acceptors (Lipinski definition) is 8. The molecule has 5 heterocycles.